The van der Waals surface area contributed by atoms with Crippen LogP contribution in [0.4, 0.5) is 18.9 Å². The lowest BCUT2D eigenvalue weighted by Crippen LogP contribution is -2.40. The zero-order chi connectivity index (χ0) is 26.6. The van der Waals surface area contributed by atoms with Crippen LogP contribution in [0.15, 0.2) is 53.6 Å². The van der Waals surface area contributed by atoms with E-state index < -0.39 is 29.7 Å². The summed E-state index contributed by atoms with van der Waals surface area (Å²) < 4.78 is 37.7. The van der Waals surface area contributed by atoms with Gasteiger partial charge < -0.3 is 15.7 Å². The number of hydrogen-bond donors (Lipinski definition) is 3. The number of carboxylic acids is 1. The Morgan fingerprint density at radius 1 is 1.00 bits per heavy atom. The number of aliphatic carboxylic acids is 1. The molecule has 0 saturated heterocycles. The van der Waals surface area contributed by atoms with Crippen LogP contribution in [0.2, 0.25) is 0 Å². The van der Waals surface area contributed by atoms with Crippen molar-refractivity contribution >= 4 is 23.5 Å². The van der Waals surface area contributed by atoms with Crippen LogP contribution in [-0.2, 0) is 22.2 Å². The summed E-state index contributed by atoms with van der Waals surface area (Å²) in [7, 11) is 0. The molecule has 0 bridgehead atoms. The summed E-state index contributed by atoms with van der Waals surface area (Å²) in [6, 6.07) is 9.46. The molecule has 192 valence electrons. The third-order valence-corrected chi connectivity index (χ3v) is 5.29. The summed E-state index contributed by atoms with van der Waals surface area (Å²) in [5.41, 5.74) is 8.95. The molecule has 2 aromatic rings. The number of halogens is 3. The molecule has 0 fully saturated rings. The molecule has 0 saturated carbocycles. The quantitative estimate of drug-likeness (QED) is 0.150. The molecule has 0 aliphatic rings. The molecule has 0 aromatic heterocycles. The number of amides is 2. The van der Waals surface area contributed by atoms with Gasteiger partial charge in [-0.3, -0.25) is 9.59 Å². The largest absolute Gasteiger partial charge is 0.480 e. The van der Waals surface area contributed by atoms with Gasteiger partial charge in [0.05, 0.1) is 5.56 Å². The summed E-state index contributed by atoms with van der Waals surface area (Å²) >= 11 is 0. The van der Waals surface area contributed by atoms with Crippen LogP contribution in [-0.4, -0.2) is 35.5 Å². The fourth-order valence-electron chi connectivity index (χ4n) is 3.33. The topological polar surface area (TPSA) is 144 Å². The molecule has 0 radical (unpaired) electrons. The van der Waals surface area contributed by atoms with Crippen LogP contribution in [0, 0.1) is 0 Å². The summed E-state index contributed by atoms with van der Waals surface area (Å²) in [5, 5.41) is 17.9. The summed E-state index contributed by atoms with van der Waals surface area (Å²) in [4.78, 5) is 38.4. The predicted octanol–water partition coefficient (Wildman–Crippen LogP) is 5.14. The van der Waals surface area contributed by atoms with Gasteiger partial charge in [-0.2, -0.15) is 13.2 Å². The Kier molecular flexibility index (Phi) is 10.8. The van der Waals surface area contributed by atoms with Gasteiger partial charge in [-0.05, 0) is 67.5 Å². The van der Waals surface area contributed by atoms with Crippen LogP contribution < -0.4 is 10.6 Å². The van der Waals surface area contributed by atoms with E-state index in [0.717, 1.165) is 12.1 Å². The first kappa shape index (κ1) is 28.2. The van der Waals surface area contributed by atoms with Gasteiger partial charge in [0.15, 0.2) is 0 Å². The maximum absolute atomic E-state index is 12.6. The Labute approximate surface area is 205 Å². The molecular formula is C24H26F3N5O4. The molecule has 1 atom stereocenters. The fourth-order valence-corrected chi connectivity index (χ4v) is 3.33. The highest BCUT2D eigenvalue weighted by Gasteiger charge is 2.29. The fraction of sp³-hybridized carbons (Fsp3) is 0.375. The second-order valence-electron chi connectivity index (χ2n) is 7.99. The van der Waals surface area contributed by atoms with Crippen molar-refractivity contribution in [1.29, 1.82) is 0 Å². The van der Waals surface area contributed by atoms with Crippen LogP contribution in [0.25, 0.3) is 10.4 Å². The minimum atomic E-state index is -4.38. The van der Waals surface area contributed by atoms with Crippen LogP contribution >= 0.6 is 0 Å². The zero-order valence-corrected chi connectivity index (χ0v) is 19.3. The Balaban J connectivity index is 1.65. The van der Waals surface area contributed by atoms with Crippen LogP contribution in [0.3, 0.4) is 0 Å². The van der Waals surface area contributed by atoms with Gasteiger partial charge >= 0.3 is 12.1 Å². The number of rotatable bonds is 13. The monoisotopic (exact) mass is 505 g/mol. The van der Waals surface area contributed by atoms with Gasteiger partial charge in [0.25, 0.3) is 5.91 Å². The minimum absolute atomic E-state index is 0.168. The molecule has 2 rings (SSSR count). The van der Waals surface area contributed by atoms with E-state index in [2.05, 4.69) is 20.7 Å². The van der Waals surface area contributed by atoms with E-state index in [-0.39, 0.29) is 24.3 Å². The first-order valence-corrected chi connectivity index (χ1v) is 11.2. The van der Waals surface area contributed by atoms with Crippen molar-refractivity contribution in [2.24, 2.45) is 5.11 Å². The molecule has 0 aliphatic heterocycles. The third kappa shape index (κ3) is 9.67. The normalized spacial score (nSPS) is 11.8. The van der Waals surface area contributed by atoms with E-state index in [1.165, 1.54) is 36.4 Å². The molecule has 9 nitrogen and oxygen atoms in total. The van der Waals surface area contributed by atoms with Crippen molar-refractivity contribution in [2.75, 3.05) is 6.54 Å². The molecule has 3 N–H and O–H groups in total. The standard InChI is InChI=1S/C24H26F3N5O4/c25-24(26,27)18-11-7-16(8-12-18)4-3-6-21(33)29-15-2-1-5-20(23(35)36)30-22(34)17-9-13-19(14-10-17)31-32-28/h7-14,20H,1-6,15H2,(H,29,33)(H,30,34)(H,35,36)/t20-/m0/s1. The lowest BCUT2D eigenvalue weighted by molar-refractivity contribution is -0.139. The number of unbranched alkanes of at least 4 members (excludes halogenated alkanes) is 1. The first-order valence-electron chi connectivity index (χ1n) is 11.2. The molecule has 12 heteroatoms. The number of azide groups is 1. The molecule has 0 heterocycles. The third-order valence-electron chi connectivity index (χ3n) is 5.29. The van der Waals surface area contributed by atoms with Crippen molar-refractivity contribution in [3.63, 3.8) is 0 Å². The SMILES string of the molecule is [N-]=[N+]=Nc1ccc(C(=O)N[C@@H](CCCCNC(=O)CCCc2ccc(C(F)(F)F)cc2)C(=O)O)cc1. The van der Waals surface area contributed by atoms with Crippen molar-refractivity contribution in [2.45, 2.75) is 50.7 Å². The van der Waals surface area contributed by atoms with Crippen LogP contribution in [0.1, 0.15) is 53.6 Å². The number of carbonyl (C=O) groups is 3. The molecule has 0 unspecified atom stereocenters. The van der Waals surface area contributed by atoms with Gasteiger partial charge in [0, 0.05) is 29.1 Å². The highest BCUT2D eigenvalue weighted by atomic mass is 19.4. The van der Waals surface area contributed by atoms with Crippen molar-refractivity contribution in [3.05, 3.63) is 75.7 Å². The molecule has 2 aromatic carbocycles. The Hall–Kier alpha value is -4.05. The van der Waals surface area contributed by atoms with Gasteiger partial charge in [-0.25, -0.2) is 4.79 Å². The number of carboxylic acid groups (broad SMARTS) is 1. The van der Waals surface area contributed by atoms with Gasteiger partial charge in [-0.1, -0.05) is 29.4 Å². The second-order valence-corrected chi connectivity index (χ2v) is 7.99. The number of nitrogens with one attached hydrogen (secondary N) is 2. The summed E-state index contributed by atoms with van der Waals surface area (Å²) in [5.74, 6) is -1.95. The van der Waals surface area contributed by atoms with E-state index in [0.29, 0.717) is 43.5 Å². The van der Waals surface area contributed by atoms with Crippen molar-refractivity contribution < 1.29 is 32.7 Å². The van der Waals surface area contributed by atoms with Gasteiger partial charge in [0.1, 0.15) is 6.04 Å². The van der Waals surface area contributed by atoms with E-state index in [4.69, 9.17) is 5.53 Å². The highest BCUT2D eigenvalue weighted by Crippen LogP contribution is 2.29. The number of aryl methyl sites for hydroxylation is 1. The maximum atomic E-state index is 12.6. The summed E-state index contributed by atoms with van der Waals surface area (Å²) in [6.45, 7) is 0.334. The summed E-state index contributed by atoms with van der Waals surface area (Å²) in [6.07, 6.45) is -2.09. The number of alkyl halides is 3. The number of carbonyl (C=O) groups excluding carboxylic acids is 2. The average Bonchev–Trinajstić information content (AvgIpc) is 2.83. The average molecular weight is 505 g/mol. The van der Waals surface area contributed by atoms with E-state index in [9.17, 15) is 32.7 Å². The zero-order valence-electron chi connectivity index (χ0n) is 19.3. The second kappa shape index (κ2) is 13.7. The number of nitrogens with zero attached hydrogens (tertiary/aromatic N) is 3. The molecule has 0 spiro atoms. The lowest BCUT2D eigenvalue weighted by atomic mass is 10.1. The molecule has 2 amide bonds. The van der Waals surface area contributed by atoms with Gasteiger partial charge in [-0.15, -0.1) is 0 Å². The predicted molar refractivity (Wildman–Crippen MR) is 125 cm³/mol. The Bertz CT molecular complexity index is 1080. The smallest absolute Gasteiger partial charge is 0.416 e. The van der Waals surface area contributed by atoms with E-state index >= 15 is 0 Å². The number of hydrogen-bond acceptors (Lipinski definition) is 4. The number of benzene rings is 2. The Morgan fingerprint density at radius 3 is 2.25 bits per heavy atom. The molecule has 0 aliphatic carbocycles. The maximum Gasteiger partial charge on any atom is 0.416 e. The van der Waals surface area contributed by atoms with E-state index in [1.807, 2.05) is 0 Å². The lowest BCUT2D eigenvalue weighted by Gasteiger charge is -2.14. The van der Waals surface area contributed by atoms with Crippen LogP contribution in [0.5, 0.6) is 0 Å². The first-order chi connectivity index (χ1) is 17.1. The minimum Gasteiger partial charge on any atom is -0.480 e. The molecular weight excluding hydrogens is 479 g/mol. The highest BCUT2D eigenvalue weighted by molar-refractivity contribution is 5.96. The van der Waals surface area contributed by atoms with Gasteiger partial charge in [0.2, 0.25) is 5.91 Å². The molecule has 36 heavy (non-hydrogen) atoms. The van der Waals surface area contributed by atoms with E-state index in [1.54, 1.807) is 0 Å². The Morgan fingerprint density at radius 2 is 1.67 bits per heavy atom. The van der Waals surface area contributed by atoms with Crippen molar-refractivity contribution in [3.8, 4) is 0 Å². The van der Waals surface area contributed by atoms with Crippen molar-refractivity contribution in [1.82, 2.24) is 10.6 Å².